The molecule has 0 aliphatic carbocycles. The van der Waals surface area contributed by atoms with E-state index in [-0.39, 0.29) is 0 Å². The van der Waals surface area contributed by atoms with Gasteiger partial charge >= 0.3 is 0 Å². The molecule has 1 rings (SSSR count). The summed E-state index contributed by atoms with van der Waals surface area (Å²) in [6, 6.07) is 6.25. The number of halogens is 2. The zero-order chi connectivity index (χ0) is 7.56. The molecule has 0 fully saturated rings. The largest absolute Gasteiger partial charge is 0.0613 e. The minimum atomic E-state index is 1.08. The van der Waals surface area contributed by atoms with Crippen LogP contribution in [0.4, 0.5) is 0 Å². The first kappa shape index (κ1) is 8.28. The van der Waals surface area contributed by atoms with Gasteiger partial charge in [-0.2, -0.15) is 0 Å². The first-order chi connectivity index (χ1) is 4.74. The van der Waals surface area contributed by atoms with Gasteiger partial charge in [0.25, 0.3) is 0 Å². The Balaban J connectivity index is 3.07. The second kappa shape index (κ2) is 3.54. The van der Waals surface area contributed by atoms with Crippen LogP contribution in [0.15, 0.2) is 27.1 Å². The summed E-state index contributed by atoms with van der Waals surface area (Å²) in [7, 11) is 0. The summed E-state index contributed by atoms with van der Waals surface area (Å²) in [5.74, 6) is 0. The van der Waals surface area contributed by atoms with E-state index in [9.17, 15) is 0 Å². The highest BCUT2D eigenvalue weighted by Gasteiger charge is 1.95. The molecule has 0 amide bonds. The lowest BCUT2D eigenvalue weighted by molar-refractivity contribution is 1.13. The van der Waals surface area contributed by atoms with Gasteiger partial charge in [0.2, 0.25) is 0 Å². The molecule has 0 saturated heterocycles. The third-order valence-electron chi connectivity index (χ3n) is 1.40. The Hall–Kier alpha value is 0.180. The SMILES string of the molecule is CCc1ccc(Br)cc1Br. The van der Waals surface area contributed by atoms with E-state index in [4.69, 9.17) is 0 Å². The van der Waals surface area contributed by atoms with E-state index in [2.05, 4.69) is 57.0 Å². The van der Waals surface area contributed by atoms with E-state index < -0.39 is 0 Å². The van der Waals surface area contributed by atoms with Crippen LogP contribution in [-0.2, 0) is 6.42 Å². The first-order valence-corrected chi connectivity index (χ1v) is 4.76. The maximum absolute atomic E-state index is 3.48. The Kier molecular flexibility index (Phi) is 2.93. The Morgan fingerprint density at radius 2 is 2.00 bits per heavy atom. The van der Waals surface area contributed by atoms with Crippen molar-refractivity contribution in [1.82, 2.24) is 0 Å². The Morgan fingerprint density at radius 1 is 1.30 bits per heavy atom. The molecule has 0 nitrogen and oxygen atoms in total. The van der Waals surface area contributed by atoms with Crippen molar-refractivity contribution in [3.8, 4) is 0 Å². The van der Waals surface area contributed by atoms with Crippen molar-refractivity contribution in [2.45, 2.75) is 13.3 Å². The van der Waals surface area contributed by atoms with Crippen molar-refractivity contribution in [2.75, 3.05) is 0 Å². The Bertz CT molecular complexity index is 231. The van der Waals surface area contributed by atoms with Crippen LogP contribution in [0, 0.1) is 0 Å². The van der Waals surface area contributed by atoms with E-state index in [1.54, 1.807) is 0 Å². The second-order valence-corrected chi connectivity index (χ2v) is 3.86. The molecule has 0 aliphatic heterocycles. The molecule has 0 bridgehead atoms. The zero-order valence-corrected chi connectivity index (χ0v) is 8.87. The fraction of sp³-hybridized carbons (Fsp3) is 0.250. The van der Waals surface area contributed by atoms with Crippen LogP contribution < -0.4 is 0 Å². The van der Waals surface area contributed by atoms with E-state index in [1.165, 1.54) is 10.0 Å². The number of rotatable bonds is 1. The summed E-state index contributed by atoms with van der Waals surface area (Å²) < 4.78 is 2.31. The zero-order valence-electron chi connectivity index (χ0n) is 5.70. The van der Waals surface area contributed by atoms with Crippen LogP contribution in [0.25, 0.3) is 0 Å². The summed E-state index contributed by atoms with van der Waals surface area (Å²) >= 11 is 6.87. The number of aryl methyl sites for hydroxylation is 1. The standard InChI is InChI=1S/C8H8Br2/c1-2-6-3-4-7(9)5-8(6)10/h3-5H,2H2,1H3. The number of hydrogen-bond acceptors (Lipinski definition) is 0. The maximum Gasteiger partial charge on any atom is 0.0218 e. The van der Waals surface area contributed by atoms with Gasteiger partial charge in [-0.1, -0.05) is 44.8 Å². The molecule has 0 atom stereocenters. The van der Waals surface area contributed by atoms with Gasteiger partial charge in [-0.15, -0.1) is 0 Å². The highest BCUT2D eigenvalue weighted by atomic mass is 79.9. The summed E-state index contributed by atoms with van der Waals surface area (Å²) in [6.07, 6.45) is 1.08. The molecule has 10 heavy (non-hydrogen) atoms. The minimum absolute atomic E-state index is 1.08. The van der Waals surface area contributed by atoms with Crippen molar-refractivity contribution in [1.29, 1.82) is 0 Å². The number of benzene rings is 1. The van der Waals surface area contributed by atoms with Crippen LogP contribution in [0.2, 0.25) is 0 Å². The monoisotopic (exact) mass is 262 g/mol. The lowest BCUT2D eigenvalue weighted by Crippen LogP contribution is -1.80. The second-order valence-electron chi connectivity index (χ2n) is 2.09. The molecule has 0 heterocycles. The van der Waals surface area contributed by atoms with E-state index in [0.29, 0.717) is 0 Å². The molecule has 0 unspecified atom stereocenters. The predicted molar refractivity (Wildman–Crippen MR) is 51.2 cm³/mol. The fourth-order valence-electron chi connectivity index (χ4n) is 0.808. The molecule has 1 aromatic carbocycles. The van der Waals surface area contributed by atoms with Crippen LogP contribution >= 0.6 is 31.9 Å². The maximum atomic E-state index is 3.48. The molecule has 0 aliphatic rings. The Morgan fingerprint density at radius 3 is 2.50 bits per heavy atom. The van der Waals surface area contributed by atoms with Crippen molar-refractivity contribution in [3.63, 3.8) is 0 Å². The van der Waals surface area contributed by atoms with Gasteiger partial charge in [-0.05, 0) is 24.1 Å². The quantitative estimate of drug-likeness (QED) is 0.724. The highest BCUT2D eigenvalue weighted by molar-refractivity contribution is 9.11. The Labute approximate surface area is 77.9 Å². The van der Waals surface area contributed by atoms with Crippen LogP contribution in [0.5, 0.6) is 0 Å². The fourth-order valence-corrected chi connectivity index (χ4v) is 2.14. The van der Waals surface area contributed by atoms with Crippen molar-refractivity contribution in [2.24, 2.45) is 0 Å². The normalized spacial score (nSPS) is 9.90. The summed E-state index contributed by atoms with van der Waals surface area (Å²) in [6.45, 7) is 2.15. The van der Waals surface area contributed by atoms with Gasteiger partial charge in [0.15, 0.2) is 0 Å². The molecular formula is C8H8Br2. The molecule has 54 valence electrons. The lowest BCUT2D eigenvalue weighted by Gasteiger charge is -1.99. The summed E-state index contributed by atoms with van der Waals surface area (Å²) in [4.78, 5) is 0. The predicted octanol–water partition coefficient (Wildman–Crippen LogP) is 3.77. The smallest absolute Gasteiger partial charge is 0.0218 e. The van der Waals surface area contributed by atoms with E-state index in [1.807, 2.05) is 0 Å². The van der Waals surface area contributed by atoms with Crippen molar-refractivity contribution in [3.05, 3.63) is 32.7 Å². The molecule has 0 aromatic heterocycles. The molecule has 0 saturated carbocycles. The van der Waals surface area contributed by atoms with Gasteiger partial charge in [0.1, 0.15) is 0 Å². The molecule has 0 spiro atoms. The van der Waals surface area contributed by atoms with Gasteiger partial charge < -0.3 is 0 Å². The lowest BCUT2D eigenvalue weighted by atomic mass is 10.2. The molecular weight excluding hydrogens is 256 g/mol. The average Bonchev–Trinajstić information content (AvgIpc) is 1.88. The molecule has 2 heteroatoms. The molecule has 0 N–H and O–H groups in total. The van der Waals surface area contributed by atoms with Crippen molar-refractivity contribution < 1.29 is 0 Å². The number of hydrogen-bond donors (Lipinski definition) is 0. The highest BCUT2D eigenvalue weighted by Crippen LogP contribution is 2.21. The van der Waals surface area contributed by atoms with Gasteiger partial charge in [0.05, 0.1) is 0 Å². The minimum Gasteiger partial charge on any atom is -0.0613 e. The summed E-state index contributed by atoms with van der Waals surface area (Å²) in [5.41, 5.74) is 1.35. The third kappa shape index (κ3) is 1.83. The van der Waals surface area contributed by atoms with E-state index >= 15 is 0 Å². The summed E-state index contributed by atoms with van der Waals surface area (Å²) in [5, 5.41) is 0. The van der Waals surface area contributed by atoms with E-state index in [0.717, 1.165) is 10.9 Å². The topological polar surface area (TPSA) is 0 Å². The molecule has 1 aromatic rings. The van der Waals surface area contributed by atoms with Crippen LogP contribution in [-0.4, -0.2) is 0 Å². The average molecular weight is 264 g/mol. The van der Waals surface area contributed by atoms with Crippen LogP contribution in [0.1, 0.15) is 12.5 Å². The molecule has 0 radical (unpaired) electrons. The van der Waals surface area contributed by atoms with Crippen molar-refractivity contribution >= 4 is 31.9 Å². The van der Waals surface area contributed by atoms with Gasteiger partial charge in [0, 0.05) is 8.95 Å². The van der Waals surface area contributed by atoms with Crippen LogP contribution in [0.3, 0.4) is 0 Å². The third-order valence-corrected chi connectivity index (χ3v) is 2.63. The van der Waals surface area contributed by atoms with Gasteiger partial charge in [-0.25, -0.2) is 0 Å². The first-order valence-electron chi connectivity index (χ1n) is 3.18. The van der Waals surface area contributed by atoms with Gasteiger partial charge in [-0.3, -0.25) is 0 Å².